The first-order chi connectivity index (χ1) is 12.1. The molecule has 0 radical (unpaired) electrons. The fourth-order valence-corrected chi connectivity index (χ4v) is 3.09. The first-order valence-corrected chi connectivity index (χ1v) is 9.57. The van der Waals surface area contributed by atoms with Crippen LogP contribution in [0.25, 0.3) is 0 Å². The van der Waals surface area contributed by atoms with E-state index in [9.17, 15) is 0 Å². The molecule has 5 nitrogen and oxygen atoms in total. The first-order valence-electron chi connectivity index (χ1n) is 8.75. The molecule has 0 unspecified atom stereocenters. The van der Waals surface area contributed by atoms with Crippen LogP contribution in [0.3, 0.4) is 0 Å². The third kappa shape index (κ3) is 7.49. The molecular formula is C19H29IN4OS. The first kappa shape index (κ1) is 22.7. The number of halogens is 1. The Kier molecular flexibility index (Phi) is 10.6. The highest BCUT2D eigenvalue weighted by Crippen LogP contribution is 2.25. The van der Waals surface area contributed by atoms with E-state index in [1.54, 1.807) is 11.3 Å². The fourth-order valence-electron chi connectivity index (χ4n) is 2.38. The van der Waals surface area contributed by atoms with Gasteiger partial charge in [0.25, 0.3) is 0 Å². The van der Waals surface area contributed by atoms with E-state index in [1.165, 1.54) is 10.4 Å². The average molecular weight is 488 g/mol. The summed E-state index contributed by atoms with van der Waals surface area (Å²) in [4.78, 5) is 10.1. The van der Waals surface area contributed by atoms with Crippen molar-refractivity contribution in [1.82, 2.24) is 15.6 Å². The third-order valence-corrected chi connectivity index (χ3v) is 4.48. The number of benzene rings is 1. The van der Waals surface area contributed by atoms with Crippen LogP contribution in [0.5, 0.6) is 5.75 Å². The van der Waals surface area contributed by atoms with Gasteiger partial charge in [-0.15, -0.1) is 35.3 Å². The number of aryl methyl sites for hydroxylation is 1. The van der Waals surface area contributed by atoms with E-state index in [2.05, 4.69) is 60.4 Å². The predicted octanol–water partition coefficient (Wildman–Crippen LogP) is 4.33. The molecule has 2 N–H and O–H groups in total. The van der Waals surface area contributed by atoms with E-state index in [-0.39, 0.29) is 24.0 Å². The lowest BCUT2D eigenvalue weighted by Crippen LogP contribution is -2.39. The van der Waals surface area contributed by atoms with E-state index < -0.39 is 0 Å². The highest BCUT2D eigenvalue weighted by Gasteiger charge is 2.06. The molecule has 0 spiro atoms. The number of nitrogens with zero attached hydrogens (tertiary/aromatic N) is 2. The molecule has 26 heavy (non-hydrogen) atoms. The number of nitrogens with one attached hydrogen (secondary N) is 2. The number of hydrogen-bond acceptors (Lipinski definition) is 4. The summed E-state index contributed by atoms with van der Waals surface area (Å²) in [7, 11) is 0. The molecule has 0 aliphatic rings. The van der Waals surface area contributed by atoms with Gasteiger partial charge in [0.2, 0.25) is 0 Å². The molecule has 0 saturated heterocycles. The van der Waals surface area contributed by atoms with Crippen molar-refractivity contribution in [3.8, 4) is 5.75 Å². The summed E-state index contributed by atoms with van der Waals surface area (Å²) in [5, 5.41) is 7.58. The van der Waals surface area contributed by atoms with Gasteiger partial charge < -0.3 is 15.4 Å². The molecule has 0 atom stereocenters. The van der Waals surface area contributed by atoms with Crippen LogP contribution in [-0.4, -0.2) is 30.6 Å². The van der Waals surface area contributed by atoms with E-state index >= 15 is 0 Å². The molecule has 2 rings (SSSR count). The van der Waals surface area contributed by atoms with Crippen molar-refractivity contribution in [3.63, 3.8) is 0 Å². The molecule has 7 heteroatoms. The van der Waals surface area contributed by atoms with Crippen molar-refractivity contribution >= 4 is 41.3 Å². The summed E-state index contributed by atoms with van der Waals surface area (Å²) in [6.45, 7) is 11.2. The highest BCUT2D eigenvalue weighted by atomic mass is 127. The molecule has 0 aliphatic carbocycles. The second kappa shape index (κ2) is 12.1. The van der Waals surface area contributed by atoms with Gasteiger partial charge in [-0.25, -0.2) is 9.98 Å². The third-order valence-electron chi connectivity index (χ3n) is 3.58. The summed E-state index contributed by atoms with van der Waals surface area (Å²) in [5.74, 6) is 2.19. The Morgan fingerprint density at radius 2 is 2.04 bits per heavy atom. The molecule has 144 valence electrons. The van der Waals surface area contributed by atoms with Gasteiger partial charge in [-0.1, -0.05) is 32.0 Å². The monoisotopic (exact) mass is 488 g/mol. The summed E-state index contributed by atoms with van der Waals surface area (Å²) >= 11 is 1.68. The molecule has 2 aromatic rings. The van der Waals surface area contributed by atoms with E-state index in [1.807, 2.05) is 18.3 Å². The Morgan fingerprint density at radius 3 is 2.69 bits per heavy atom. The molecule has 0 saturated carbocycles. The van der Waals surface area contributed by atoms with Gasteiger partial charge in [-0.05, 0) is 31.4 Å². The maximum Gasteiger partial charge on any atom is 0.191 e. The Bertz CT molecular complexity index is 688. The summed E-state index contributed by atoms with van der Waals surface area (Å²) in [6.07, 6.45) is 1.88. The maximum absolute atomic E-state index is 5.94. The van der Waals surface area contributed by atoms with Gasteiger partial charge in [0, 0.05) is 17.6 Å². The predicted molar refractivity (Wildman–Crippen MR) is 121 cm³/mol. The minimum Gasteiger partial charge on any atom is -0.491 e. The topological polar surface area (TPSA) is 58.5 Å². The molecule has 0 aliphatic heterocycles. The number of aliphatic imine (C=N–C) groups is 1. The Balaban J connectivity index is 0.00000338. The maximum atomic E-state index is 5.94. The normalized spacial score (nSPS) is 11.2. The number of aromatic nitrogens is 1. The zero-order valence-corrected chi connectivity index (χ0v) is 19.1. The second-order valence-corrected chi connectivity index (χ2v) is 7.35. The van der Waals surface area contributed by atoms with Crippen molar-refractivity contribution in [3.05, 3.63) is 45.9 Å². The minimum atomic E-state index is 0. The lowest BCUT2D eigenvalue weighted by molar-refractivity contribution is 0.317. The quantitative estimate of drug-likeness (QED) is 0.252. The van der Waals surface area contributed by atoms with Gasteiger partial charge in [-0.2, -0.15) is 0 Å². The largest absolute Gasteiger partial charge is 0.491 e. The number of rotatable bonds is 8. The lowest BCUT2D eigenvalue weighted by Gasteiger charge is -2.15. The van der Waals surface area contributed by atoms with Crippen LogP contribution in [0.4, 0.5) is 0 Å². The smallest absolute Gasteiger partial charge is 0.191 e. The zero-order valence-electron chi connectivity index (χ0n) is 15.9. The zero-order chi connectivity index (χ0) is 18.1. The lowest BCUT2D eigenvalue weighted by atomic mass is 10.0. The van der Waals surface area contributed by atoms with Crippen LogP contribution in [0.1, 0.15) is 42.1 Å². The van der Waals surface area contributed by atoms with Crippen molar-refractivity contribution in [1.29, 1.82) is 0 Å². The molecular weight excluding hydrogens is 459 g/mol. The number of thiazole rings is 1. The van der Waals surface area contributed by atoms with Crippen LogP contribution < -0.4 is 15.4 Å². The SMILES string of the molecule is CCNC(=NCc1ncc(C)s1)NCCOc1ccccc1C(C)C.I. The summed E-state index contributed by atoms with van der Waals surface area (Å²) in [5.41, 5.74) is 1.24. The van der Waals surface area contributed by atoms with Crippen molar-refractivity contribution in [2.75, 3.05) is 19.7 Å². The van der Waals surface area contributed by atoms with Crippen molar-refractivity contribution in [2.45, 2.75) is 40.2 Å². The average Bonchev–Trinajstić information content (AvgIpc) is 3.02. The fraction of sp³-hybridized carbons (Fsp3) is 0.474. The van der Waals surface area contributed by atoms with Crippen LogP contribution >= 0.6 is 35.3 Å². The number of para-hydroxylation sites is 1. The number of ether oxygens (including phenoxy) is 1. The van der Waals surface area contributed by atoms with E-state index in [0.29, 0.717) is 25.6 Å². The van der Waals surface area contributed by atoms with Gasteiger partial charge in [0.1, 0.15) is 17.4 Å². The number of hydrogen-bond donors (Lipinski definition) is 2. The van der Waals surface area contributed by atoms with E-state index in [0.717, 1.165) is 23.3 Å². The van der Waals surface area contributed by atoms with Gasteiger partial charge in [-0.3, -0.25) is 0 Å². The summed E-state index contributed by atoms with van der Waals surface area (Å²) < 4.78 is 5.94. The minimum absolute atomic E-state index is 0. The standard InChI is InChI=1S/C19H28N4OS.HI/c1-5-20-19(23-13-18-22-12-15(4)25-18)21-10-11-24-17-9-7-6-8-16(17)14(2)3;/h6-9,12,14H,5,10-11,13H2,1-4H3,(H2,20,21,23);1H. The molecule has 0 bridgehead atoms. The van der Waals surface area contributed by atoms with Crippen LogP contribution in [0, 0.1) is 6.92 Å². The molecule has 1 heterocycles. The van der Waals surface area contributed by atoms with Gasteiger partial charge in [0.05, 0.1) is 13.1 Å². The Labute approximate surface area is 177 Å². The van der Waals surface area contributed by atoms with E-state index in [4.69, 9.17) is 4.74 Å². The molecule has 0 amide bonds. The Morgan fingerprint density at radius 1 is 1.27 bits per heavy atom. The summed E-state index contributed by atoms with van der Waals surface area (Å²) in [6, 6.07) is 8.21. The van der Waals surface area contributed by atoms with Crippen LogP contribution in [-0.2, 0) is 6.54 Å². The number of guanidine groups is 1. The molecule has 1 aromatic heterocycles. The van der Waals surface area contributed by atoms with Gasteiger partial charge in [0.15, 0.2) is 5.96 Å². The second-order valence-electron chi connectivity index (χ2n) is 6.03. The van der Waals surface area contributed by atoms with Crippen molar-refractivity contribution < 1.29 is 4.74 Å². The van der Waals surface area contributed by atoms with Crippen LogP contribution in [0.15, 0.2) is 35.5 Å². The Hall–Kier alpha value is -1.35. The van der Waals surface area contributed by atoms with Crippen LogP contribution in [0.2, 0.25) is 0 Å². The van der Waals surface area contributed by atoms with Crippen molar-refractivity contribution in [2.24, 2.45) is 4.99 Å². The molecule has 0 fully saturated rings. The highest BCUT2D eigenvalue weighted by molar-refractivity contribution is 14.0. The van der Waals surface area contributed by atoms with Gasteiger partial charge >= 0.3 is 0 Å². The molecule has 1 aromatic carbocycles.